The third-order valence-electron chi connectivity index (χ3n) is 3.56. The number of rotatable bonds is 6. The summed E-state index contributed by atoms with van der Waals surface area (Å²) in [5, 5.41) is 14.4. The number of carboxylic acid groups (broad SMARTS) is 1. The zero-order chi connectivity index (χ0) is 15.9. The van der Waals surface area contributed by atoms with Gasteiger partial charge >= 0.3 is 12.0 Å². The van der Waals surface area contributed by atoms with Gasteiger partial charge in [0, 0.05) is 32.7 Å². The number of anilines is 1. The van der Waals surface area contributed by atoms with Gasteiger partial charge in [-0.1, -0.05) is 0 Å². The lowest BCUT2D eigenvalue weighted by Gasteiger charge is -2.32. The number of carbonyl (C=O) groups excluding carboxylic acids is 1. The highest BCUT2D eigenvalue weighted by atomic mass is 32.1. The van der Waals surface area contributed by atoms with Gasteiger partial charge in [0.1, 0.15) is 10.6 Å². The molecule has 0 atom stereocenters. The third kappa shape index (κ3) is 4.93. The SMILES string of the molecule is CN1CCN(CCCNC(=O)Nc2sncc2C(=O)O)CC1. The molecular weight excluding hydrogens is 306 g/mol. The van der Waals surface area contributed by atoms with Gasteiger partial charge in [-0.3, -0.25) is 5.32 Å². The van der Waals surface area contributed by atoms with Gasteiger partial charge in [-0.2, -0.15) is 4.37 Å². The molecule has 1 aromatic rings. The number of urea groups is 1. The molecule has 0 saturated carbocycles. The molecule has 1 fully saturated rings. The number of carboxylic acids is 1. The molecule has 8 nitrogen and oxygen atoms in total. The largest absolute Gasteiger partial charge is 0.478 e. The van der Waals surface area contributed by atoms with Crippen LogP contribution >= 0.6 is 11.5 Å². The lowest BCUT2D eigenvalue weighted by molar-refractivity contribution is 0.0698. The molecule has 0 unspecified atom stereocenters. The Morgan fingerprint density at radius 1 is 1.36 bits per heavy atom. The van der Waals surface area contributed by atoms with Crippen LogP contribution in [0.25, 0.3) is 0 Å². The molecule has 3 N–H and O–H groups in total. The van der Waals surface area contributed by atoms with E-state index >= 15 is 0 Å². The highest BCUT2D eigenvalue weighted by Crippen LogP contribution is 2.19. The second-order valence-corrected chi connectivity index (χ2v) is 6.05. The molecule has 0 bridgehead atoms. The lowest BCUT2D eigenvalue weighted by Crippen LogP contribution is -2.45. The minimum absolute atomic E-state index is 0.0117. The van der Waals surface area contributed by atoms with Crippen LogP contribution in [0.5, 0.6) is 0 Å². The molecule has 0 radical (unpaired) electrons. The Labute approximate surface area is 133 Å². The molecule has 0 aliphatic carbocycles. The van der Waals surface area contributed by atoms with Gasteiger partial charge in [0.05, 0.1) is 6.20 Å². The van der Waals surface area contributed by atoms with Crippen molar-refractivity contribution < 1.29 is 14.7 Å². The summed E-state index contributed by atoms with van der Waals surface area (Å²) in [5.74, 6) is -1.10. The average Bonchev–Trinajstić information content (AvgIpc) is 2.94. The normalized spacial score (nSPS) is 16.4. The Bertz CT molecular complexity index is 514. The maximum Gasteiger partial charge on any atom is 0.340 e. The van der Waals surface area contributed by atoms with Crippen LogP contribution in [0.2, 0.25) is 0 Å². The first kappa shape index (κ1) is 16.7. The van der Waals surface area contributed by atoms with Crippen molar-refractivity contribution in [3.63, 3.8) is 0 Å². The van der Waals surface area contributed by atoms with Crippen LogP contribution in [0.1, 0.15) is 16.8 Å². The second-order valence-electron chi connectivity index (χ2n) is 5.25. The van der Waals surface area contributed by atoms with Crippen LogP contribution in [0.15, 0.2) is 6.20 Å². The molecule has 2 rings (SSSR count). The standard InChI is InChI=1S/C13H21N5O3S/c1-17-5-7-18(8-6-17)4-2-3-14-13(21)16-11-10(12(19)20)9-15-22-11/h9H,2-8H2,1H3,(H,19,20)(H2,14,16,21). The Balaban J connectivity index is 1.63. The molecular formula is C13H21N5O3S. The first-order valence-corrected chi connectivity index (χ1v) is 7.97. The smallest absolute Gasteiger partial charge is 0.340 e. The number of hydrogen-bond acceptors (Lipinski definition) is 6. The van der Waals surface area contributed by atoms with Crippen molar-refractivity contribution in [2.75, 3.05) is 51.6 Å². The van der Waals surface area contributed by atoms with Gasteiger partial charge in [0.2, 0.25) is 0 Å². The van der Waals surface area contributed by atoms with E-state index in [1.807, 2.05) is 0 Å². The van der Waals surface area contributed by atoms with Gasteiger partial charge in [-0.15, -0.1) is 0 Å². The van der Waals surface area contributed by atoms with Gasteiger partial charge in [0.25, 0.3) is 0 Å². The topological polar surface area (TPSA) is 97.8 Å². The van der Waals surface area contributed by atoms with E-state index in [4.69, 9.17) is 5.11 Å². The van der Waals surface area contributed by atoms with E-state index in [1.54, 1.807) is 0 Å². The molecule has 0 spiro atoms. The maximum absolute atomic E-state index is 11.7. The average molecular weight is 327 g/mol. The van der Waals surface area contributed by atoms with Crippen molar-refractivity contribution in [1.29, 1.82) is 0 Å². The number of amides is 2. The summed E-state index contributed by atoms with van der Waals surface area (Å²) in [6.07, 6.45) is 2.10. The van der Waals surface area contributed by atoms with E-state index < -0.39 is 12.0 Å². The van der Waals surface area contributed by atoms with E-state index in [1.165, 1.54) is 6.20 Å². The number of nitrogens with one attached hydrogen (secondary N) is 2. The first-order valence-electron chi connectivity index (χ1n) is 7.20. The van der Waals surface area contributed by atoms with Crippen molar-refractivity contribution in [3.8, 4) is 0 Å². The number of piperazine rings is 1. The Morgan fingerprint density at radius 3 is 2.77 bits per heavy atom. The van der Waals surface area contributed by atoms with Crippen molar-refractivity contribution in [2.45, 2.75) is 6.42 Å². The van der Waals surface area contributed by atoms with E-state index in [9.17, 15) is 9.59 Å². The van der Waals surface area contributed by atoms with Crippen LogP contribution in [0.4, 0.5) is 9.80 Å². The second kappa shape index (κ2) is 8.06. The number of aromatic carboxylic acids is 1. The van der Waals surface area contributed by atoms with Crippen LogP contribution in [-0.4, -0.2) is 77.6 Å². The molecule has 2 amide bonds. The van der Waals surface area contributed by atoms with Crippen LogP contribution in [0, 0.1) is 0 Å². The highest BCUT2D eigenvalue weighted by Gasteiger charge is 2.15. The molecule has 1 aliphatic rings. The minimum Gasteiger partial charge on any atom is -0.478 e. The fourth-order valence-corrected chi connectivity index (χ4v) is 2.85. The van der Waals surface area contributed by atoms with Crippen molar-refractivity contribution in [1.82, 2.24) is 19.5 Å². The van der Waals surface area contributed by atoms with Crippen LogP contribution in [0.3, 0.4) is 0 Å². The highest BCUT2D eigenvalue weighted by molar-refractivity contribution is 7.10. The summed E-state index contributed by atoms with van der Waals surface area (Å²) < 4.78 is 3.77. The van der Waals surface area contributed by atoms with E-state index in [0.717, 1.165) is 50.7 Å². The summed E-state index contributed by atoms with van der Waals surface area (Å²) >= 11 is 0.953. The monoisotopic (exact) mass is 327 g/mol. The van der Waals surface area contributed by atoms with E-state index in [2.05, 4.69) is 31.9 Å². The molecule has 2 heterocycles. The summed E-state index contributed by atoms with van der Waals surface area (Å²) in [7, 11) is 2.12. The maximum atomic E-state index is 11.7. The zero-order valence-electron chi connectivity index (χ0n) is 12.5. The number of hydrogen-bond donors (Lipinski definition) is 3. The van der Waals surface area contributed by atoms with E-state index in [0.29, 0.717) is 6.54 Å². The Hall–Kier alpha value is -1.71. The fourth-order valence-electron chi connectivity index (χ4n) is 2.21. The molecule has 9 heteroatoms. The van der Waals surface area contributed by atoms with Gasteiger partial charge < -0.3 is 20.2 Å². The number of likely N-dealkylation sites (N-methyl/N-ethyl adjacent to an activating group) is 1. The Kier molecular flexibility index (Phi) is 6.10. The lowest BCUT2D eigenvalue weighted by atomic mass is 10.3. The molecule has 1 aliphatic heterocycles. The summed E-state index contributed by atoms with van der Waals surface area (Å²) in [5.41, 5.74) is 0.0117. The van der Waals surface area contributed by atoms with Crippen LogP contribution < -0.4 is 10.6 Å². The summed E-state index contributed by atoms with van der Waals surface area (Å²) in [6, 6.07) is -0.398. The third-order valence-corrected chi connectivity index (χ3v) is 4.28. The summed E-state index contributed by atoms with van der Waals surface area (Å²) in [6.45, 7) is 5.79. The van der Waals surface area contributed by atoms with Gasteiger partial charge in [-0.05, 0) is 31.5 Å². The number of carbonyl (C=O) groups is 2. The number of aromatic nitrogens is 1. The predicted molar refractivity (Wildman–Crippen MR) is 84.6 cm³/mol. The Morgan fingerprint density at radius 2 is 2.09 bits per heavy atom. The first-order chi connectivity index (χ1) is 10.6. The summed E-state index contributed by atoms with van der Waals surface area (Å²) in [4.78, 5) is 27.3. The quantitative estimate of drug-likeness (QED) is 0.662. The van der Waals surface area contributed by atoms with Gasteiger partial charge in [-0.25, -0.2) is 9.59 Å². The van der Waals surface area contributed by atoms with Gasteiger partial charge in [0.15, 0.2) is 0 Å². The van der Waals surface area contributed by atoms with Crippen molar-refractivity contribution >= 4 is 28.5 Å². The molecule has 1 aromatic heterocycles. The number of nitrogens with zero attached hydrogens (tertiary/aromatic N) is 3. The van der Waals surface area contributed by atoms with Crippen LogP contribution in [-0.2, 0) is 0 Å². The van der Waals surface area contributed by atoms with Crippen molar-refractivity contribution in [3.05, 3.63) is 11.8 Å². The zero-order valence-corrected chi connectivity index (χ0v) is 13.4. The van der Waals surface area contributed by atoms with E-state index in [-0.39, 0.29) is 10.6 Å². The van der Waals surface area contributed by atoms with Crippen molar-refractivity contribution in [2.24, 2.45) is 0 Å². The molecule has 122 valence electrons. The fraction of sp³-hybridized carbons (Fsp3) is 0.615. The molecule has 1 saturated heterocycles. The minimum atomic E-state index is -1.10. The predicted octanol–water partition coefficient (Wildman–Crippen LogP) is 0.600. The molecule has 22 heavy (non-hydrogen) atoms. The molecule has 0 aromatic carbocycles.